The molecule has 0 aliphatic carbocycles. The third kappa shape index (κ3) is 4.04. The van der Waals surface area contributed by atoms with Gasteiger partial charge in [0.15, 0.2) is 0 Å². The average Bonchev–Trinajstić information content (AvgIpc) is 3.11. The molecule has 0 radical (unpaired) electrons. The van der Waals surface area contributed by atoms with Crippen LogP contribution in [0.15, 0.2) is 12.3 Å². The monoisotopic (exact) mass is 292 g/mol. The van der Waals surface area contributed by atoms with Crippen molar-refractivity contribution >= 4 is 5.91 Å². The van der Waals surface area contributed by atoms with Crippen molar-refractivity contribution in [3.8, 4) is 11.8 Å². The quantitative estimate of drug-likeness (QED) is 0.504. The lowest BCUT2D eigenvalue weighted by Crippen LogP contribution is -2.46. The second kappa shape index (κ2) is 7.22. The fourth-order valence-corrected chi connectivity index (χ4v) is 2.17. The Kier molecular flexibility index (Phi) is 5.33. The summed E-state index contributed by atoms with van der Waals surface area (Å²) in [5.74, 6) is 5.47. The molecule has 1 amide bonds. The van der Waals surface area contributed by atoms with E-state index >= 15 is 0 Å². The predicted octanol–water partition coefficient (Wildman–Crippen LogP) is -1.55. The van der Waals surface area contributed by atoms with Crippen molar-refractivity contribution in [1.82, 2.24) is 20.4 Å². The molecule has 1 aliphatic heterocycles. The molecule has 4 N–H and O–H groups in total. The van der Waals surface area contributed by atoms with Gasteiger partial charge in [-0.05, 0) is 25.3 Å². The summed E-state index contributed by atoms with van der Waals surface area (Å²) in [4.78, 5) is 12.0. The van der Waals surface area contributed by atoms with Crippen molar-refractivity contribution in [3.05, 3.63) is 18.0 Å². The fraction of sp³-hybridized carbons (Fsp3) is 0.571. The molecule has 0 unspecified atom stereocenters. The molecule has 0 aromatic carbocycles. The van der Waals surface area contributed by atoms with E-state index in [2.05, 4.69) is 27.6 Å². The number of aromatic nitrogens is 2. The van der Waals surface area contributed by atoms with Crippen molar-refractivity contribution in [2.75, 3.05) is 13.2 Å². The number of aryl methyl sites for hydroxylation is 1. The van der Waals surface area contributed by atoms with E-state index in [1.807, 2.05) is 6.92 Å². The molecule has 7 heteroatoms. The zero-order valence-corrected chi connectivity index (χ0v) is 11.9. The van der Waals surface area contributed by atoms with E-state index in [1.54, 1.807) is 16.9 Å². The van der Waals surface area contributed by atoms with Crippen LogP contribution in [-0.2, 0) is 11.3 Å². The van der Waals surface area contributed by atoms with E-state index in [-0.39, 0.29) is 12.5 Å². The number of aliphatic hydroxyl groups is 2. The summed E-state index contributed by atoms with van der Waals surface area (Å²) < 4.78 is 1.73. The molecule has 3 atom stereocenters. The molecule has 21 heavy (non-hydrogen) atoms. The van der Waals surface area contributed by atoms with Crippen molar-refractivity contribution in [3.63, 3.8) is 0 Å². The van der Waals surface area contributed by atoms with E-state index < -0.39 is 18.2 Å². The number of nitrogens with zero attached hydrogens (tertiary/aromatic N) is 2. The van der Waals surface area contributed by atoms with Crippen LogP contribution in [-0.4, -0.2) is 57.2 Å². The van der Waals surface area contributed by atoms with E-state index in [9.17, 15) is 15.0 Å². The van der Waals surface area contributed by atoms with E-state index in [0.29, 0.717) is 19.5 Å². The lowest BCUT2D eigenvalue weighted by atomic mass is 10.2. The minimum atomic E-state index is -0.641. The zero-order valence-electron chi connectivity index (χ0n) is 11.9. The Morgan fingerprint density at radius 1 is 1.71 bits per heavy atom. The largest absolute Gasteiger partial charge is 0.393 e. The van der Waals surface area contributed by atoms with Crippen molar-refractivity contribution in [1.29, 1.82) is 0 Å². The van der Waals surface area contributed by atoms with Gasteiger partial charge in [-0.3, -0.25) is 9.48 Å². The molecule has 0 spiro atoms. The van der Waals surface area contributed by atoms with Gasteiger partial charge in [0.1, 0.15) is 11.7 Å². The molecule has 1 aliphatic rings. The van der Waals surface area contributed by atoms with E-state index in [0.717, 1.165) is 5.69 Å². The van der Waals surface area contributed by atoms with Crippen molar-refractivity contribution in [2.24, 2.45) is 0 Å². The van der Waals surface area contributed by atoms with Gasteiger partial charge in [-0.2, -0.15) is 5.10 Å². The second-order valence-electron chi connectivity index (χ2n) is 4.90. The van der Waals surface area contributed by atoms with Crippen molar-refractivity contribution in [2.45, 2.75) is 38.1 Å². The summed E-state index contributed by atoms with van der Waals surface area (Å²) in [7, 11) is 0. The minimum absolute atomic E-state index is 0.260. The summed E-state index contributed by atoms with van der Waals surface area (Å²) in [6.07, 6.45) is 1.53. The first kappa shape index (κ1) is 15.5. The highest BCUT2D eigenvalue weighted by atomic mass is 16.3. The zero-order chi connectivity index (χ0) is 15.2. The van der Waals surface area contributed by atoms with Gasteiger partial charge < -0.3 is 20.8 Å². The van der Waals surface area contributed by atoms with Crippen LogP contribution < -0.4 is 10.6 Å². The van der Waals surface area contributed by atoms with Gasteiger partial charge in [0.25, 0.3) is 0 Å². The number of aliphatic hydroxyl groups excluding tert-OH is 2. The average molecular weight is 292 g/mol. The molecule has 1 saturated heterocycles. The van der Waals surface area contributed by atoms with Crippen molar-refractivity contribution < 1.29 is 15.0 Å². The summed E-state index contributed by atoms with van der Waals surface area (Å²) >= 11 is 0. The van der Waals surface area contributed by atoms with Crippen LogP contribution in [0.4, 0.5) is 0 Å². The normalized spacial score (nSPS) is 22.4. The van der Waals surface area contributed by atoms with E-state index in [4.69, 9.17) is 0 Å². The number of nitrogens with one attached hydrogen (secondary N) is 2. The maximum Gasteiger partial charge on any atom is 0.238 e. The summed E-state index contributed by atoms with van der Waals surface area (Å²) in [6.45, 7) is 2.80. The molecule has 114 valence electrons. The molecule has 1 aromatic heterocycles. The summed E-state index contributed by atoms with van der Waals surface area (Å²) in [5.41, 5.74) is 0.736. The second-order valence-corrected chi connectivity index (χ2v) is 4.90. The van der Waals surface area contributed by atoms with Crippen LogP contribution in [0.2, 0.25) is 0 Å². The van der Waals surface area contributed by atoms with Gasteiger partial charge in [0.2, 0.25) is 5.91 Å². The fourth-order valence-electron chi connectivity index (χ4n) is 2.17. The summed E-state index contributed by atoms with van der Waals surface area (Å²) in [5, 5.41) is 28.4. The Hall–Kier alpha value is -1.88. The third-order valence-electron chi connectivity index (χ3n) is 3.31. The van der Waals surface area contributed by atoms with Gasteiger partial charge in [0, 0.05) is 13.1 Å². The molecule has 1 aromatic rings. The predicted molar refractivity (Wildman–Crippen MR) is 76.2 cm³/mol. The highest BCUT2D eigenvalue weighted by Crippen LogP contribution is 2.06. The molecule has 1 fully saturated rings. The maximum atomic E-state index is 12.0. The van der Waals surface area contributed by atoms with Gasteiger partial charge >= 0.3 is 0 Å². The molecule has 7 nitrogen and oxygen atoms in total. The summed E-state index contributed by atoms with van der Waals surface area (Å²) in [6, 6.07) is 0.705. The molecule has 0 saturated carbocycles. The number of carbonyl (C=O) groups excluding carboxylic acids is 1. The third-order valence-corrected chi connectivity index (χ3v) is 3.31. The molecule has 2 heterocycles. The first-order valence-corrected chi connectivity index (χ1v) is 7.00. The van der Waals surface area contributed by atoms with Crippen LogP contribution >= 0.6 is 0 Å². The van der Waals surface area contributed by atoms with Gasteiger partial charge in [-0.15, -0.1) is 0 Å². The molecule has 0 bridgehead atoms. The van der Waals surface area contributed by atoms with Crippen LogP contribution in [0, 0.1) is 11.8 Å². The number of hydrogen-bond donors (Lipinski definition) is 4. The molecular formula is C14H20N4O3. The standard InChI is InChI=1S/C14H20N4O3/c1-2-18-11(5-6-16-18)4-3-10(9-19)17-14(21)13-7-12(20)8-15-13/h5-6,10,12-13,15,19-20H,2,7-9H2,1H3,(H,17,21)/t10-,12-,13+/m1/s1. The number of hydrogen-bond acceptors (Lipinski definition) is 5. The maximum absolute atomic E-state index is 12.0. The minimum Gasteiger partial charge on any atom is -0.393 e. The topological polar surface area (TPSA) is 99.4 Å². The molecule has 2 rings (SSSR count). The Balaban J connectivity index is 1.96. The number of amides is 1. The number of carbonyl (C=O) groups is 1. The van der Waals surface area contributed by atoms with Gasteiger partial charge in [-0.25, -0.2) is 0 Å². The SMILES string of the molecule is CCn1nccc1C#C[C@H](CO)NC(=O)[C@@H]1C[C@@H](O)CN1. The highest BCUT2D eigenvalue weighted by molar-refractivity contribution is 5.82. The van der Waals surface area contributed by atoms with Crippen LogP contribution in [0.25, 0.3) is 0 Å². The number of rotatable bonds is 4. The van der Waals surface area contributed by atoms with Crippen LogP contribution in [0.3, 0.4) is 0 Å². The Morgan fingerprint density at radius 3 is 3.14 bits per heavy atom. The Bertz CT molecular complexity index is 546. The van der Waals surface area contributed by atoms with Crippen LogP contribution in [0.5, 0.6) is 0 Å². The lowest BCUT2D eigenvalue weighted by molar-refractivity contribution is -0.123. The first-order chi connectivity index (χ1) is 10.1. The van der Waals surface area contributed by atoms with Gasteiger partial charge in [-0.1, -0.05) is 5.92 Å². The smallest absolute Gasteiger partial charge is 0.238 e. The lowest BCUT2D eigenvalue weighted by Gasteiger charge is -2.14. The molecular weight excluding hydrogens is 272 g/mol. The van der Waals surface area contributed by atoms with E-state index in [1.165, 1.54) is 0 Å². The number of β-amino-alcohol motifs (C(OH)–C–C–N with tert-alkyl or cyclic N) is 1. The van der Waals surface area contributed by atoms with Gasteiger partial charge in [0.05, 0.1) is 24.9 Å². The Labute approximate surface area is 123 Å². The first-order valence-electron chi connectivity index (χ1n) is 7.00. The van der Waals surface area contributed by atoms with Crippen LogP contribution in [0.1, 0.15) is 19.0 Å². The Morgan fingerprint density at radius 2 is 2.52 bits per heavy atom. The highest BCUT2D eigenvalue weighted by Gasteiger charge is 2.28.